The normalized spacial score (nSPS) is 11.9. The zero-order chi connectivity index (χ0) is 11.4. The maximum atomic E-state index is 11.3. The van der Waals surface area contributed by atoms with E-state index < -0.39 is 17.0 Å². The number of carbonyl (C=O) groups excluding carboxylic acids is 1. The number of carbonyl (C=O) groups is 1. The summed E-state index contributed by atoms with van der Waals surface area (Å²) < 4.78 is 29.1. The molecule has 0 saturated carbocycles. The average Bonchev–Trinajstić information content (AvgIpc) is 2.27. The minimum Gasteiger partial charge on any atom is -0.496 e. The van der Waals surface area contributed by atoms with Crippen LogP contribution in [0.2, 0.25) is 0 Å². The van der Waals surface area contributed by atoms with Crippen molar-refractivity contribution in [1.29, 1.82) is 0 Å². The fourth-order valence-electron chi connectivity index (χ4n) is 1.07. The molecule has 0 amide bonds. The Labute approximate surface area is 89.3 Å². The summed E-state index contributed by atoms with van der Waals surface area (Å²) in [6.45, 7) is 0. The van der Waals surface area contributed by atoms with Gasteiger partial charge in [0.05, 0.1) is 19.1 Å². The van der Waals surface area contributed by atoms with Gasteiger partial charge >= 0.3 is 5.97 Å². The molecule has 0 heterocycles. The van der Waals surface area contributed by atoms with E-state index in [-0.39, 0.29) is 10.5 Å². The molecule has 1 rings (SSSR count). The Morgan fingerprint density at radius 3 is 2.53 bits per heavy atom. The van der Waals surface area contributed by atoms with E-state index >= 15 is 0 Å². The lowest BCUT2D eigenvalue weighted by atomic mass is 10.2. The van der Waals surface area contributed by atoms with Crippen LogP contribution in [0.15, 0.2) is 23.1 Å². The van der Waals surface area contributed by atoms with Crippen molar-refractivity contribution in [1.82, 2.24) is 0 Å². The number of ether oxygens (including phenoxy) is 2. The predicted octanol–water partition coefficient (Wildman–Crippen LogP) is 1.06. The molecule has 5 nitrogen and oxygen atoms in total. The molecular weight excluding hydrogens is 220 g/mol. The molecule has 1 atom stereocenters. The van der Waals surface area contributed by atoms with Crippen molar-refractivity contribution < 1.29 is 23.0 Å². The highest BCUT2D eigenvalue weighted by Crippen LogP contribution is 2.21. The second-order valence-corrected chi connectivity index (χ2v) is 3.57. The van der Waals surface area contributed by atoms with Crippen LogP contribution in [0.4, 0.5) is 0 Å². The van der Waals surface area contributed by atoms with Crippen LogP contribution in [0.25, 0.3) is 0 Å². The molecule has 0 aliphatic carbocycles. The van der Waals surface area contributed by atoms with Crippen LogP contribution < -0.4 is 4.74 Å². The van der Waals surface area contributed by atoms with Crippen LogP contribution in [-0.4, -0.2) is 29.0 Å². The Morgan fingerprint density at radius 1 is 1.40 bits per heavy atom. The smallest absolute Gasteiger partial charge is 0.341 e. The molecule has 1 aromatic carbocycles. The molecule has 0 radical (unpaired) electrons. The minimum atomic E-state index is -2.13. The number of rotatable bonds is 3. The van der Waals surface area contributed by atoms with Gasteiger partial charge in [-0.25, -0.2) is 9.00 Å². The van der Waals surface area contributed by atoms with Crippen molar-refractivity contribution in [2.45, 2.75) is 4.90 Å². The monoisotopic (exact) mass is 230 g/mol. The molecule has 1 unspecified atom stereocenters. The number of esters is 1. The first kappa shape index (κ1) is 11.7. The van der Waals surface area contributed by atoms with Crippen LogP contribution in [0.3, 0.4) is 0 Å². The summed E-state index contributed by atoms with van der Waals surface area (Å²) in [5.74, 6) is -0.310. The molecule has 0 aliphatic heterocycles. The number of methoxy groups -OCH3 is 2. The Bertz CT molecular complexity index is 401. The van der Waals surface area contributed by atoms with Crippen LogP contribution in [0.5, 0.6) is 5.75 Å². The van der Waals surface area contributed by atoms with Crippen LogP contribution in [-0.2, 0) is 15.8 Å². The van der Waals surface area contributed by atoms with E-state index in [1.54, 1.807) is 0 Å². The number of hydrogen-bond donors (Lipinski definition) is 1. The van der Waals surface area contributed by atoms with Gasteiger partial charge in [0.15, 0.2) is 11.1 Å². The lowest BCUT2D eigenvalue weighted by Crippen LogP contribution is -2.05. The Balaban J connectivity index is 3.25. The second-order valence-electron chi connectivity index (χ2n) is 2.60. The van der Waals surface area contributed by atoms with E-state index in [4.69, 9.17) is 9.29 Å². The fraction of sp³-hybridized carbons (Fsp3) is 0.222. The standard InChI is InChI=1S/C9H10O5S/c1-13-8-4-3-6(15(11)12)5-7(8)9(10)14-2/h3-5H,1-2H3,(H,11,12). The summed E-state index contributed by atoms with van der Waals surface area (Å²) in [7, 11) is 2.63. The van der Waals surface area contributed by atoms with Crippen molar-refractivity contribution in [2.24, 2.45) is 0 Å². The fourth-order valence-corrected chi connectivity index (χ4v) is 1.47. The Hall–Kier alpha value is -1.40. The van der Waals surface area contributed by atoms with Crippen molar-refractivity contribution in [3.8, 4) is 5.75 Å². The molecule has 6 heteroatoms. The molecule has 0 fully saturated rings. The van der Waals surface area contributed by atoms with Gasteiger partial charge in [0, 0.05) is 0 Å². The van der Waals surface area contributed by atoms with Crippen LogP contribution in [0, 0.1) is 0 Å². The highest BCUT2D eigenvalue weighted by Gasteiger charge is 2.14. The molecule has 0 aliphatic rings. The van der Waals surface area contributed by atoms with Gasteiger partial charge in [0.2, 0.25) is 0 Å². The quantitative estimate of drug-likeness (QED) is 0.621. The predicted molar refractivity (Wildman–Crippen MR) is 53.4 cm³/mol. The summed E-state index contributed by atoms with van der Waals surface area (Å²) in [4.78, 5) is 11.4. The molecule has 1 aromatic rings. The molecular formula is C9H10O5S. The summed E-state index contributed by atoms with van der Waals surface area (Å²) in [5.41, 5.74) is 0.125. The largest absolute Gasteiger partial charge is 0.496 e. The maximum absolute atomic E-state index is 11.3. The van der Waals surface area contributed by atoms with Gasteiger partial charge in [-0.05, 0) is 18.2 Å². The topological polar surface area (TPSA) is 72.8 Å². The summed E-state index contributed by atoms with van der Waals surface area (Å²) in [5, 5.41) is 0. The summed E-state index contributed by atoms with van der Waals surface area (Å²) in [6.07, 6.45) is 0. The van der Waals surface area contributed by atoms with Crippen molar-refractivity contribution >= 4 is 17.0 Å². The minimum absolute atomic E-state index is 0.121. The molecule has 0 bridgehead atoms. The number of benzene rings is 1. The molecule has 82 valence electrons. The first-order valence-corrected chi connectivity index (χ1v) is 5.08. The Kier molecular flexibility index (Phi) is 3.81. The third kappa shape index (κ3) is 2.54. The molecule has 1 N–H and O–H groups in total. The lowest BCUT2D eigenvalue weighted by molar-refractivity contribution is 0.0597. The molecule has 0 spiro atoms. The molecule has 15 heavy (non-hydrogen) atoms. The Morgan fingerprint density at radius 2 is 2.07 bits per heavy atom. The number of hydrogen-bond acceptors (Lipinski definition) is 4. The lowest BCUT2D eigenvalue weighted by Gasteiger charge is -2.07. The average molecular weight is 230 g/mol. The van der Waals surface area contributed by atoms with Crippen molar-refractivity contribution in [2.75, 3.05) is 14.2 Å². The third-order valence-electron chi connectivity index (χ3n) is 1.78. The van der Waals surface area contributed by atoms with E-state index in [0.29, 0.717) is 5.75 Å². The SMILES string of the molecule is COC(=O)c1cc(S(=O)O)ccc1OC. The van der Waals surface area contributed by atoms with E-state index in [9.17, 15) is 9.00 Å². The van der Waals surface area contributed by atoms with Gasteiger partial charge in [-0.1, -0.05) is 0 Å². The summed E-state index contributed by atoms with van der Waals surface area (Å²) in [6, 6.07) is 4.11. The van der Waals surface area contributed by atoms with Gasteiger partial charge in [0.25, 0.3) is 0 Å². The van der Waals surface area contributed by atoms with Crippen LogP contribution >= 0.6 is 0 Å². The van der Waals surface area contributed by atoms with Gasteiger partial charge in [0.1, 0.15) is 11.3 Å². The third-order valence-corrected chi connectivity index (χ3v) is 2.44. The van der Waals surface area contributed by atoms with E-state index in [2.05, 4.69) is 4.74 Å². The van der Waals surface area contributed by atoms with Gasteiger partial charge in [-0.2, -0.15) is 0 Å². The van der Waals surface area contributed by atoms with E-state index in [1.165, 1.54) is 32.4 Å². The van der Waals surface area contributed by atoms with Gasteiger partial charge in [-0.3, -0.25) is 0 Å². The molecule has 0 aromatic heterocycles. The van der Waals surface area contributed by atoms with E-state index in [0.717, 1.165) is 0 Å². The highest BCUT2D eigenvalue weighted by molar-refractivity contribution is 7.79. The maximum Gasteiger partial charge on any atom is 0.341 e. The van der Waals surface area contributed by atoms with E-state index in [1.807, 2.05) is 0 Å². The van der Waals surface area contributed by atoms with Crippen molar-refractivity contribution in [3.63, 3.8) is 0 Å². The van der Waals surface area contributed by atoms with Crippen LogP contribution in [0.1, 0.15) is 10.4 Å². The first-order valence-electron chi connectivity index (χ1n) is 3.97. The second kappa shape index (κ2) is 4.90. The zero-order valence-electron chi connectivity index (χ0n) is 8.22. The first-order chi connectivity index (χ1) is 7.10. The molecule has 0 saturated heterocycles. The highest BCUT2D eigenvalue weighted by atomic mass is 32.2. The van der Waals surface area contributed by atoms with Gasteiger partial charge in [-0.15, -0.1) is 0 Å². The zero-order valence-corrected chi connectivity index (χ0v) is 9.04. The summed E-state index contributed by atoms with van der Waals surface area (Å²) >= 11 is -2.13. The van der Waals surface area contributed by atoms with Gasteiger partial charge < -0.3 is 14.0 Å². The van der Waals surface area contributed by atoms with Crippen molar-refractivity contribution in [3.05, 3.63) is 23.8 Å².